The van der Waals surface area contributed by atoms with Gasteiger partial charge >= 0.3 is 5.97 Å². The first kappa shape index (κ1) is 24.2. The van der Waals surface area contributed by atoms with Crippen LogP contribution >= 0.6 is 22.7 Å². The molecular weight excluding hydrogens is 472 g/mol. The average Bonchev–Trinajstić information content (AvgIpc) is 3.52. The van der Waals surface area contributed by atoms with Gasteiger partial charge in [-0.05, 0) is 23.1 Å². The Bertz CT molecular complexity index is 1160. The van der Waals surface area contributed by atoms with Gasteiger partial charge in [-0.3, -0.25) is 4.79 Å². The van der Waals surface area contributed by atoms with Gasteiger partial charge in [0.1, 0.15) is 5.75 Å². The second kappa shape index (κ2) is 9.34. The summed E-state index contributed by atoms with van der Waals surface area (Å²) in [5.74, 6) is -0.788. The van der Waals surface area contributed by atoms with Gasteiger partial charge in [-0.1, -0.05) is 26.8 Å². The molecule has 1 N–H and O–H groups in total. The molecule has 0 saturated carbocycles. The van der Waals surface area contributed by atoms with Crippen molar-refractivity contribution in [3.8, 4) is 5.75 Å². The van der Waals surface area contributed by atoms with Crippen molar-refractivity contribution in [3.63, 3.8) is 0 Å². The summed E-state index contributed by atoms with van der Waals surface area (Å²) in [4.78, 5) is 38.8. The molecule has 0 spiro atoms. The maximum absolute atomic E-state index is 13.8. The van der Waals surface area contributed by atoms with Gasteiger partial charge in [-0.2, -0.15) is 0 Å². The summed E-state index contributed by atoms with van der Waals surface area (Å²) in [5.41, 5.74) is 2.04. The lowest BCUT2D eigenvalue weighted by Gasteiger charge is -2.48. The number of aromatic nitrogens is 2. The Labute approximate surface area is 206 Å². The fourth-order valence-electron chi connectivity index (χ4n) is 4.38. The molecule has 180 valence electrons. The monoisotopic (exact) mass is 500 g/mol. The zero-order valence-corrected chi connectivity index (χ0v) is 21.3. The first-order valence-electron chi connectivity index (χ1n) is 10.9. The average molecular weight is 501 g/mol. The van der Waals surface area contributed by atoms with Crippen LogP contribution in [0, 0.1) is 0 Å². The number of ether oxygens (including phenoxy) is 1. The predicted octanol–water partition coefficient (Wildman–Crippen LogP) is 3.93. The number of methoxy groups -OCH3 is 1. The van der Waals surface area contributed by atoms with Gasteiger partial charge in [0.15, 0.2) is 10.7 Å². The molecule has 1 amide bonds. The lowest BCUT2D eigenvalue weighted by Crippen LogP contribution is -2.69. The number of hydrogen-bond donors (Lipinski definition) is 1. The summed E-state index contributed by atoms with van der Waals surface area (Å²) in [5, 5.41) is 15.0. The summed E-state index contributed by atoms with van der Waals surface area (Å²) in [6, 6.07) is 5.36. The highest BCUT2D eigenvalue weighted by Crippen LogP contribution is 2.35. The highest BCUT2D eigenvalue weighted by Gasteiger charge is 2.51. The Balaban J connectivity index is 1.75. The van der Waals surface area contributed by atoms with Gasteiger partial charge in [0.25, 0.3) is 5.91 Å². The van der Waals surface area contributed by atoms with Crippen LogP contribution in [0.15, 0.2) is 40.7 Å². The summed E-state index contributed by atoms with van der Waals surface area (Å²) < 4.78 is 5.59. The summed E-state index contributed by atoms with van der Waals surface area (Å²) in [6.45, 7) is 7.09. The molecule has 3 heterocycles. The summed E-state index contributed by atoms with van der Waals surface area (Å²) in [7, 11) is 1.58. The SMILES string of the molecule is COc1cc(C(=O)N2CCN(c3nccs3)CC2(Cc2cscn2)C(=O)O)ccc1C(C)(C)C. The van der Waals surface area contributed by atoms with Crippen LogP contribution in [0.25, 0.3) is 0 Å². The molecule has 0 radical (unpaired) electrons. The van der Waals surface area contributed by atoms with E-state index in [-0.39, 0.29) is 30.8 Å². The van der Waals surface area contributed by atoms with E-state index in [2.05, 4.69) is 30.7 Å². The van der Waals surface area contributed by atoms with E-state index >= 15 is 0 Å². The molecular formula is C24H28N4O4S2. The number of piperazine rings is 1. The molecule has 1 fully saturated rings. The first-order valence-corrected chi connectivity index (χ1v) is 12.7. The highest BCUT2D eigenvalue weighted by molar-refractivity contribution is 7.13. The predicted molar refractivity (Wildman–Crippen MR) is 133 cm³/mol. The van der Waals surface area contributed by atoms with Gasteiger partial charge in [0, 0.05) is 42.0 Å². The molecule has 1 saturated heterocycles. The van der Waals surface area contributed by atoms with Crippen LogP contribution in [0.4, 0.5) is 5.13 Å². The van der Waals surface area contributed by atoms with Crippen LogP contribution in [0.2, 0.25) is 0 Å². The van der Waals surface area contributed by atoms with Crippen LogP contribution in [-0.4, -0.2) is 64.1 Å². The molecule has 1 aliphatic rings. The Hall–Kier alpha value is -2.98. The largest absolute Gasteiger partial charge is 0.496 e. The van der Waals surface area contributed by atoms with Crippen molar-refractivity contribution in [3.05, 3.63) is 57.5 Å². The van der Waals surface area contributed by atoms with E-state index in [4.69, 9.17) is 4.74 Å². The van der Waals surface area contributed by atoms with Crippen molar-refractivity contribution < 1.29 is 19.4 Å². The lowest BCUT2D eigenvalue weighted by atomic mass is 9.85. The molecule has 8 nitrogen and oxygen atoms in total. The number of aliphatic carboxylic acids is 1. The molecule has 3 aromatic rings. The molecule has 10 heteroatoms. The molecule has 0 bridgehead atoms. The minimum atomic E-state index is -1.50. The van der Waals surface area contributed by atoms with Crippen molar-refractivity contribution in [1.29, 1.82) is 0 Å². The topological polar surface area (TPSA) is 95.9 Å². The van der Waals surface area contributed by atoms with Crippen LogP contribution < -0.4 is 9.64 Å². The van der Waals surface area contributed by atoms with E-state index < -0.39 is 11.5 Å². The third-order valence-corrected chi connectivity index (χ3v) is 7.58. The van der Waals surface area contributed by atoms with Crippen molar-refractivity contribution >= 4 is 39.7 Å². The smallest absolute Gasteiger partial charge is 0.331 e. The molecule has 2 aromatic heterocycles. The number of hydrogen-bond acceptors (Lipinski definition) is 8. The van der Waals surface area contributed by atoms with Gasteiger partial charge in [0.05, 0.1) is 24.9 Å². The molecule has 34 heavy (non-hydrogen) atoms. The number of carboxylic acid groups (broad SMARTS) is 1. The maximum Gasteiger partial charge on any atom is 0.331 e. The van der Waals surface area contributed by atoms with Gasteiger partial charge in [-0.25, -0.2) is 14.8 Å². The van der Waals surface area contributed by atoms with Crippen molar-refractivity contribution in [2.24, 2.45) is 0 Å². The number of thiazole rings is 2. The Morgan fingerprint density at radius 1 is 1.24 bits per heavy atom. The van der Waals surface area contributed by atoms with E-state index in [1.807, 2.05) is 21.7 Å². The third-order valence-electron chi connectivity index (χ3n) is 6.11. The first-order chi connectivity index (χ1) is 16.2. The number of amides is 1. The standard InChI is InChI=1S/C24H28N4O4S2/c1-23(2,3)18-6-5-16(11-19(18)32-4)20(29)28-9-8-27(22-25-7-10-34-22)14-24(28,21(30)31)12-17-13-33-15-26-17/h5-7,10-11,13,15H,8-9,12,14H2,1-4H3,(H,30,31). The summed E-state index contributed by atoms with van der Waals surface area (Å²) >= 11 is 2.86. The zero-order chi connectivity index (χ0) is 24.5. The van der Waals surface area contributed by atoms with Gasteiger partial charge < -0.3 is 19.6 Å². The maximum atomic E-state index is 13.8. The van der Waals surface area contributed by atoms with E-state index in [1.54, 1.807) is 30.9 Å². The van der Waals surface area contributed by atoms with E-state index in [0.29, 0.717) is 23.6 Å². The third kappa shape index (κ3) is 4.52. The molecule has 1 aliphatic heterocycles. The zero-order valence-electron chi connectivity index (χ0n) is 19.6. The van der Waals surface area contributed by atoms with Crippen LogP contribution in [0.5, 0.6) is 5.75 Å². The van der Waals surface area contributed by atoms with Crippen LogP contribution in [-0.2, 0) is 16.6 Å². The fourth-order valence-corrected chi connectivity index (χ4v) is 5.61. The molecule has 4 rings (SSSR count). The van der Waals surface area contributed by atoms with Crippen molar-refractivity contribution in [2.45, 2.75) is 38.1 Å². The Morgan fingerprint density at radius 3 is 2.62 bits per heavy atom. The van der Waals surface area contributed by atoms with E-state index in [9.17, 15) is 14.7 Å². The number of anilines is 1. The van der Waals surface area contributed by atoms with E-state index in [1.165, 1.54) is 27.6 Å². The second-order valence-corrected chi connectivity index (χ2v) is 10.9. The lowest BCUT2D eigenvalue weighted by molar-refractivity contribution is -0.150. The number of nitrogens with zero attached hydrogens (tertiary/aromatic N) is 4. The fraction of sp³-hybridized carbons (Fsp3) is 0.417. The number of rotatable bonds is 6. The van der Waals surface area contributed by atoms with Gasteiger partial charge in [-0.15, -0.1) is 22.7 Å². The molecule has 1 aromatic carbocycles. The second-order valence-electron chi connectivity index (χ2n) is 9.35. The minimum Gasteiger partial charge on any atom is -0.496 e. The van der Waals surface area contributed by atoms with Crippen molar-refractivity contribution in [2.75, 3.05) is 31.6 Å². The highest BCUT2D eigenvalue weighted by atomic mass is 32.1. The number of benzene rings is 1. The van der Waals surface area contributed by atoms with E-state index in [0.717, 1.165) is 10.7 Å². The molecule has 1 unspecified atom stereocenters. The summed E-state index contributed by atoms with van der Waals surface area (Å²) in [6.07, 6.45) is 1.81. The minimum absolute atomic E-state index is 0.108. The molecule has 1 atom stereocenters. The number of carbonyl (C=O) groups excluding carboxylic acids is 1. The van der Waals surface area contributed by atoms with Gasteiger partial charge in [0.2, 0.25) is 0 Å². The Morgan fingerprint density at radius 2 is 2.03 bits per heavy atom. The molecule has 0 aliphatic carbocycles. The number of carboxylic acids is 1. The van der Waals surface area contributed by atoms with Crippen LogP contribution in [0.3, 0.4) is 0 Å². The quantitative estimate of drug-likeness (QED) is 0.548. The number of carbonyl (C=O) groups is 2. The normalized spacial score (nSPS) is 18.7. The Kier molecular flexibility index (Phi) is 6.64. The van der Waals surface area contributed by atoms with Crippen LogP contribution in [0.1, 0.15) is 42.4 Å². The van der Waals surface area contributed by atoms with Crippen molar-refractivity contribution in [1.82, 2.24) is 14.9 Å².